The minimum Gasteiger partial charge on any atom is -0.491 e. The van der Waals surface area contributed by atoms with E-state index in [-0.39, 0.29) is 11.6 Å². The predicted molar refractivity (Wildman–Crippen MR) is 120 cm³/mol. The Bertz CT molecular complexity index is 1020. The Morgan fingerprint density at radius 1 is 1.27 bits per heavy atom. The van der Waals surface area contributed by atoms with E-state index >= 15 is 0 Å². The van der Waals surface area contributed by atoms with E-state index in [1.165, 1.54) is 0 Å². The van der Waals surface area contributed by atoms with Gasteiger partial charge in [-0.25, -0.2) is 4.79 Å². The van der Waals surface area contributed by atoms with Crippen LogP contribution in [0.25, 0.3) is 10.8 Å². The van der Waals surface area contributed by atoms with Crippen LogP contribution in [-0.2, 0) is 0 Å². The van der Waals surface area contributed by atoms with Gasteiger partial charge < -0.3 is 19.7 Å². The monoisotopic (exact) mass is 454 g/mol. The van der Waals surface area contributed by atoms with Crippen LogP contribution in [0.15, 0.2) is 16.9 Å². The minimum absolute atomic E-state index is 0.0142. The number of benzene rings is 1. The number of hydrogen-bond acceptors (Lipinski definition) is 3. The topological polar surface area (TPSA) is 80.6 Å². The largest absolute Gasteiger partial charge is 0.491 e. The van der Waals surface area contributed by atoms with Gasteiger partial charge in [0.1, 0.15) is 5.75 Å². The number of rotatable bonds is 7. The molecule has 1 atom stereocenters. The van der Waals surface area contributed by atoms with Gasteiger partial charge in [0.2, 0.25) is 0 Å². The third-order valence-corrected chi connectivity index (χ3v) is 6.03. The summed E-state index contributed by atoms with van der Waals surface area (Å²) in [5.74, 6) is 0.497. The van der Waals surface area contributed by atoms with Crippen molar-refractivity contribution in [2.45, 2.75) is 65.5 Å². The lowest BCUT2D eigenvalue weighted by Gasteiger charge is -2.34. The van der Waals surface area contributed by atoms with Crippen molar-refractivity contribution in [1.82, 2.24) is 9.88 Å². The summed E-state index contributed by atoms with van der Waals surface area (Å²) in [6.07, 6.45) is 2.34. The molecule has 1 aromatic heterocycles. The predicted octanol–water partition coefficient (Wildman–Crippen LogP) is 6.18. The van der Waals surface area contributed by atoms with Crippen LogP contribution in [0, 0.1) is 5.41 Å². The molecule has 1 unspecified atom stereocenters. The van der Waals surface area contributed by atoms with Crippen LogP contribution in [0.4, 0.5) is 4.79 Å². The number of hydrogen-bond donors (Lipinski definition) is 2. The molecule has 2 aromatic rings. The molecule has 30 heavy (non-hydrogen) atoms. The fraction of sp³-hybridized carbons (Fsp3) is 0.545. The van der Waals surface area contributed by atoms with E-state index in [0.717, 1.165) is 25.7 Å². The summed E-state index contributed by atoms with van der Waals surface area (Å²) >= 11 is 12.5. The zero-order chi connectivity index (χ0) is 22.2. The maximum Gasteiger partial charge on any atom is 0.405 e. The van der Waals surface area contributed by atoms with Crippen molar-refractivity contribution in [2.75, 3.05) is 6.61 Å². The van der Waals surface area contributed by atoms with Crippen LogP contribution in [0.1, 0.15) is 71.2 Å². The Balaban J connectivity index is 2.40. The van der Waals surface area contributed by atoms with Crippen LogP contribution in [0.2, 0.25) is 10.0 Å². The highest BCUT2D eigenvalue weighted by atomic mass is 35.5. The standard InChI is InChI=1S/C22H28Cl2N2O4/c1-5-6-9-30-18-13-10-15(23)16(24)11-14(13)20(27)26(12-7-8-12)17(18)19(22(2,3)4)25-21(28)29/h10-12,19,25H,5-9H2,1-4H3,(H,28,29). The van der Waals surface area contributed by atoms with Crippen molar-refractivity contribution in [3.05, 3.63) is 38.2 Å². The highest BCUT2D eigenvalue weighted by molar-refractivity contribution is 6.42. The van der Waals surface area contributed by atoms with Gasteiger partial charge >= 0.3 is 6.09 Å². The van der Waals surface area contributed by atoms with Crippen LogP contribution >= 0.6 is 23.2 Å². The maximum absolute atomic E-state index is 13.5. The zero-order valence-corrected chi connectivity index (χ0v) is 19.2. The first kappa shape index (κ1) is 22.8. The molecule has 1 saturated carbocycles. The summed E-state index contributed by atoms with van der Waals surface area (Å²) in [7, 11) is 0. The number of carboxylic acid groups (broad SMARTS) is 1. The van der Waals surface area contributed by atoms with Crippen LogP contribution in [0.3, 0.4) is 0 Å². The summed E-state index contributed by atoms with van der Waals surface area (Å²) in [5, 5.41) is 13.8. The highest BCUT2D eigenvalue weighted by Crippen LogP contribution is 2.46. The third kappa shape index (κ3) is 4.54. The van der Waals surface area contributed by atoms with Crippen LogP contribution in [0.5, 0.6) is 5.75 Å². The molecule has 6 nitrogen and oxygen atoms in total. The van der Waals surface area contributed by atoms with Gasteiger partial charge in [-0.3, -0.25) is 4.79 Å². The second-order valence-electron chi connectivity index (χ2n) is 8.88. The number of amides is 1. The molecule has 164 valence electrons. The Morgan fingerprint density at radius 2 is 1.87 bits per heavy atom. The Morgan fingerprint density at radius 3 is 2.37 bits per heavy atom. The minimum atomic E-state index is -1.15. The van der Waals surface area contributed by atoms with Gasteiger partial charge in [0.25, 0.3) is 5.56 Å². The third-order valence-electron chi connectivity index (χ3n) is 5.31. The number of nitrogens with one attached hydrogen (secondary N) is 1. The van der Waals surface area contributed by atoms with Gasteiger partial charge in [-0.2, -0.15) is 0 Å². The quantitative estimate of drug-likeness (QED) is 0.489. The summed E-state index contributed by atoms with van der Waals surface area (Å²) < 4.78 is 7.93. The molecule has 0 bridgehead atoms. The van der Waals surface area contributed by atoms with Crippen molar-refractivity contribution >= 4 is 40.1 Å². The number of fused-ring (bicyclic) bond motifs is 1. The molecule has 2 N–H and O–H groups in total. The normalized spacial score (nSPS) is 15.3. The molecule has 1 aromatic carbocycles. The smallest absolute Gasteiger partial charge is 0.405 e. The lowest BCUT2D eigenvalue weighted by molar-refractivity contribution is 0.170. The molecule has 1 aliphatic carbocycles. The van der Waals surface area contributed by atoms with E-state index in [1.54, 1.807) is 16.7 Å². The molecule has 0 spiro atoms. The van der Waals surface area contributed by atoms with Crippen LogP contribution < -0.4 is 15.6 Å². The SMILES string of the molecule is CCCCOc1c(C(NC(=O)O)C(C)(C)C)n(C2CC2)c(=O)c2cc(Cl)c(Cl)cc12. The van der Waals surface area contributed by atoms with Crippen molar-refractivity contribution < 1.29 is 14.6 Å². The number of halogens is 2. The molecule has 0 saturated heterocycles. The average molecular weight is 455 g/mol. The van der Waals surface area contributed by atoms with E-state index in [1.807, 2.05) is 20.8 Å². The fourth-order valence-electron chi connectivity index (χ4n) is 3.65. The van der Waals surface area contributed by atoms with E-state index in [9.17, 15) is 14.7 Å². The Kier molecular flexibility index (Phi) is 6.58. The first-order valence-electron chi connectivity index (χ1n) is 10.3. The summed E-state index contributed by atoms with van der Waals surface area (Å²) in [4.78, 5) is 25.2. The second-order valence-corrected chi connectivity index (χ2v) is 9.70. The molecule has 3 rings (SSSR count). The number of carbonyl (C=O) groups is 1. The van der Waals surface area contributed by atoms with E-state index in [2.05, 4.69) is 12.2 Å². The number of aromatic nitrogens is 1. The van der Waals surface area contributed by atoms with Gasteiger partial charge in [0, 0.05) is 11.4 Å². The van der Waals surface area contributed by atoms with E-state index in [0.29, 0.717) is 38.9 Å². The highest BCUT2D eigenvalue weighted by Gasteiger charge is 2.38. The lowest BCUT2D eigenvalue weighted by atomic mass is 9.83. The molecular formula is C22H28Cl2N2O4. The van der Waals surface area contributed by atoms with Gasteiger partial charge in [-0.05, 0) is 36.8 Å². The van der Waals surface area contributed by atoms with Crippen LogP contribution in [-0.4, -0.2) is 22.4 Å². The maximum atomic E-state index is 13.5. The van der Waals surface area contributed by atoms with Gasteiger partial charge in [0.05, 0.1) is 33.8 Å². The van der Waals surface area contributed by atoms with Crippen molar-refractivity contribution in [1.29, 1.82) is 0 Å². The number of unbranched alkanes of at least 4 members (excludes halogenated alkanes) is 1. The summed E-state index contributed by atoms with van der Waals surface area (Å²) in [5.41, 5.74) is -0.154. The molecule has 1 fully saturated rings. The zero-order valence-electron chi connectivity index (χ0n) is 17.7. The summed E-state index contributed by atoms with van der Waals surface area (Å²) in [6.45, 7) is 8.32. The molecule has 0 aliphatic heterocycles. The molecule has 0 radical (unpaired) electrons. The summed E-state index contributed by atoms with van der Waals surface area (Å²) in [6, 6.07) is 2.58. The first-order valence-corrected chi connectivity index (χ1v) is 11.0. The molecule has 1 heterocycles. The molecular weight excluding hydrogens is 427 g/mol. The number of pyridine rings is 1. The number of nitrogens with zero attached hydrogens (tertiary/aromatic N) is 1. The van der Waals surface area contributed by atoms with Gasteiger partial charge in [0.15, 0.2) is 0 Å². The molecule has 1 amide bonds. The number of ether oxygens (including phenoxy) is 1. The van der Waals surface area contributed by atoms with Crippen molar-refractivity contribution in [3.63, 3.8) is 0 Å². The van der Waals surface area contributed by atoms with Gasteiger partial charge in [-0.1, -0.05) is 57.3 Å². The van der Waals surface area contributed by atoms with Gasteiger partial charge in [-0.15, -0.1) is 0 Å². The average Bonchev–Trinajstić information content (AvgIpc) is 3.47. The Labute approximate surface area is 186 Å². The van der Waals surface area contributed by atoms with Crippen molar-refractivity contribution in [2.24, 2.45) is 5.41 Å². The second kappa shape index (κ2) is 8.67. The first-order chi connectivity index (χ1) is 14.1. The van der Waals surface area contributed by atoms with E-state index in [4.69, 9.17) is 27.9 Å². The van der Waals surface area contributed by atoms with Crippen molar-refractivity contribution in [3.8, 4) is 5.75 Å². The van der Waals surface area contributed by atoms with E-state index < -0.39 is 17.6 Å². The fourth-order valence-corrected chi connectivity index (χ4v) is 3.98. The molecule has 8 heteroatoms. The molecule has 1 aliphatic rings. The lowest BCUT2D eigenvalue weighted by Crippen LogP contribution is -2.40. The Hall–Kier alpha value is -1.92.